The zero-order chi connectivity index (χ0) is 18.8. The second-order valence-corrected chi connectivity index (χ2v) is 6.64. The third kappa shape index (κ3) is 3.70. The normalized spacial score (nSPS) is 16.0. The number of amides is 1. The van der Waals surface area contributed by atoms with Crippen molar-refractivity contribution >= 4 is 5.91 Å². The number of hydrogen-bond acceptors (Lipinski definition) is 5. The van der Waals surface area contributed by atoms with Crippen LogP contribution in [0, 0.1) is 0 Å². The van der Waals surface area contributed by atoms with Crippen LogP contribution in [0.3, 0.4) is 0 Å². The van der Waals surface area contributed by atoms with Gasteiger partial charge in [-0.2, -0.15) is 5.10 Å². The number of fused-ring (bicyclic) bond motifs is 1. The van der Waals surface area contributed by atoms with Crippen molar-refractivity contribution in [3.05, 3.63) is 53.7 Å². The highest BCUT2D eigenvalue weighted by Crippen LogP contribution is 2.20. The summed E-state index contributed by atoms with van der Waals surface area (Å²) >= 11 is 0. The smallest absolute Gasteiger partial charge is 0.272 e. The first-order valence-corrected chi connectivity index (χ1v) is 8.89. The average molecular weight is 366 g/mol. The molecule has 4 rings (SSSR count). The molecule has 1 aliphatic rings. The van der Waals surface area contributed by atoms with E-state index in [9.17, 15) is 4.79 Å². The Bertz CT molecular complexity index is 944. The number of benzene rings is 1. The topological polar surface area (TPSA) is 96.9 Å². The lowest BCUT2D eigenvalue weighted by Gasteiger charge is -2.21. The molecule has 1 aromatic carbocycles. The van der Waals surface area contributed by atoms with Gasteiger partial charge in [-0.1, -0.05) is 0 Å². The van der Waals surface area contributed by atoms with Gasteiger partial charge in [0.25, 0.3) is 5.91 Å². The zero-order valence-corrected chi connectivity index (χ0v) is 15.3. The van der Waals surface area contributed by atoms with Crippen molar-refractivity contribution in [2.75, 3.05) is 7.11 Å². The number of carbonyl (C=O) groups excluding carboxylic acids is 1. The lowest BCUT2D eigenvalue weighted by atomic mass is 10.2. The lowest BCUT2D eigenvalue weighted by Crippen LogP contribution is -2.36. The number of aromatic nitrogens is 4. The molecule has 27 heavy (non-hydrogen) atoms. The minimum Gasteiger partial charge on any atom is -0.497 e. The Kier molecular flexibility index (Phi) is 4.64. The van der Waals surface area contributed by atoms with E-state index in [1.807, 2.05) is 35.0 Å². The minimum atomic E-state index is -0.202. The van der Waals surface area contributed by atoms with E-state index in [-0.39, 0.29) is 5.91 Å². The molecule has 1 amide bonds. The molecule has 0 spiro atoms. The Hall–Kier alpha value is -3.13. The summed E-state index contributed by atoms with van der Waals surface area (Å²) in [4.78, 5) is 20.0. The number of nitrogens with zero attached hydrogens (tertiary/aromatic N) is 3. The Morgan fingerprint density at radius 3 is 2.96 bits per heavy atom. The van der Waals surface area contributed by atoms with E-state index < -0.39 is 0 Å². The Morgan fingerprint density at radius 2 is 2.19 bits per heavy atom. The molecule has 8 nitrogen and oxygen atoms in total. The van der Waals surface area contributed by atoms with E-state index in [4.69, 9.17) is 4.74 Å². The van der Waals surface area contributed by atoms with E-state index >= 15 is 0 Å². The van der Waals surface area contributed by atoms with E-state index in [2.05, 4.69) is 32.6 Å². The monoisotopic (exact) mass is 366 g/mol. The molecule has 3 aromatic rings. The van der Waals surface area contributed by atoms with Crippen LogP contribution in [-0.2, 0) is 19.6 Å². The van der Waals surface area contributed by atoms with Crippen LogP contribution in [-0.4, -0.2) is 38.8 Å². The number of H-pyrrole nitrogens is 1. The molecule has 1 atom stereocenters. The molecule has 0 bridgehead atoms. The van der Waals surface area contributed by atoms with Crippen LogP contribution in [0.4, 0.5) is 0 Å². The molecule has 0 saturated carbocycles. The average Bonchev–Trinajstić information content (AvgIpc) is 3.33. The molecule has 2 aromatic heterocycles. The molecular formula is C19H22N6O2. The van der Waals surface area contributed by atoms with Gasteiger partial charge in [-0.15, -0.1) is 0 Å². The molecule has 3 heterocycles. The maximum absolute atomic E-state index is 12.4. The fourth-order valence-corrected chi connectivity index (χ4v) is 3.09. The molecule has 1 unspecified atom stereocenters. The summed E-state index contributed by atoms with van der Waals surface area (Å²) in [5, 5.41) is 10.6. The van der Waals surface area contributed by atoms with Crippen LogP contribution in [0.25, 0.3) is 11.3 Å². The standard InChI is InChI=1S/C19H22N6O2/c1-12-11-25-14(8-20-12)7-16(24-25)19(26)22-10-18-21-9-17(23-18)13-3-5-15(27-2)6-4-13/h3-7,9,12,20H,8,10-11H2,1-2H3,(H,21,23)(H,22,26). The summed E-state index contributed by atoms with van der Waals surface area (Å²) in [6.07, 6.45) is 1.76. The van der Waals surface area contributed by atoms with Crippen molar-refractivity contribution < 1.29 is 9.53 Å². The van der Waals surface area contributed by atoms with Crippen molar-refractivity contribution in [3.8, 4) is 17.0 Å². The summed E-state index contributed by atoms with van der Waals surface area (Å²) in [6, 6.07) is 9.90. The van der Waals surface area contributed by atoms with Gasteiger partial charge in [-0.25, -0.2) is 4.98 Å². The van der Waals surface area contributed by atoms with E-state index in [0.717, 1.165) is 35.8 Å². The van der Waals surface area contributed by atoms with Crippen LogP contribution in [0.15, 0.2) is 36.5 Å². The predicted molar refractivity (Wildman–Crippen MR) is 100 cm³/mol. The summed E-state index contributed by atoms with van der Waals surface area (Å²) in [6.45, 7) is 3.91. The van der Waals surface area contributed by atoms with Crippen LogP contribution in [0.5, 0.6) is 5.75 Å². The maximum Gasteiger partial charge on any atom is 0.272 e. The first-order chi connectivity index (χ1) is 13.1. The highest BCUT2D eigenvalue weighted by atomic mass is 16.5. The van der Waals surface area contributed by atoms with Gasteiger partial charge in [-0.3, -0.25) is 9.48 Å². The third-order valence-corrected chi connectivity index (χ3v) is 4.62. The molecule has 0 fully saturated rings. The fraction of sp³-hybridized carbons (Fsp3) is 0.316. The number of methoxy groups -OCH3 is 1. The second kappa shape index (κ2) is 7.24. The van der Waals surface area contributed by atoms with Gasteiger partial charge in [-0.05, 0) is 42.8 Å². The molecule has 8 heteroatoms. The second-order valence-electron chi connectivity index (χ2n) is 6.64. The number of carbonyl (C=O) groups is 1. The van der Waals surface area contributed by atoms with Crippen LogP contribution in [0.1, 0.15) is 28.9 Å². The molecule has 140 valence electrons. The molecule has 0 radical (unpaired) electrons. The minimum absolute atomic E-state index is 0.202. The van der Waals surface area contributed by atoms with Gasteiger partial charge in [0.2, 0.25) is 0 Å². The van der Waals surface area contributed by atoms with E-state index in [1.165, 1.54) is 0 Å². The third-order valence-electron chi connectivity index (χ3n) is 4.62. The van der Waals surface area contributed by atoms with Crippen molar-refractivity contribution in [1.82, 2.24) is 30.4 Å². The van der Waals surface area contributed by atoms with Crippen LogP contribution < -0.4 is 15.4 Å². The summed E-state index contributed by atoms with van der Waals surface area (Å²) in [5.74, 6) is 1.29. The summed E-state index contributed by atoms with van der Waals surface area (Å²) in [5.41, 5.74) is 3.35. The fourth-order valence-electron chi connectivity index (χ4n) is 3.09. The highest BCUT2D eigenvalue weighted by molar-refractivity contribution is 5.92. The van der Waals surface area contributed by atoms with Crippen LogP contribution in [0.2, 0.25) is 0 Å². The molecule has 3 N–H and O–H groups in total. The number of rotatable bonds is 5. The van der Waals surface area contributed by atoms with Crippen LogP contribution >= 0.6 is 0 Å². The Balaban J connectivity index is 1.39. The van der Waals surface area contributed by atoms with Crippen molar-refractivity contribution in [2.45, 2.75) is 32.6 Å². The van der Waals surface area contributed by atoms with Gasteiger partial charge in [0.05, 0.1) is 37.8 Å². The van der Waals surface area contributed by atoms with Gasteiger partial charge < -0.3 is 20.4 Å². The maximum atomic E-state index is 12.4. The van der Waals surface area contributed by atoms with Gasteiger partial charge >= 0.3 is 0 Å². The molecule has 1 aliphatic heterocycles. The van der Waals surface area contributed by atoms with Crippen molar-refractivity contribution in [1.29, 1.82) is 0 Å². The van der Waals surface area contributed by atoms with Gasteiger partial charge in [0, 0.05) is 12.6 Å². The molecule has 0 aliphatic carbocycles. The van der Waals surface area contributed by atoms with Gasteiger partial charge in [0.1, 0.15) is 11.6 Å². The Labute approximate surface area is 157 Å². The quantitative estimate of drug-likeness (QED) is 0.639. The first kappa shape index (κ1) is 17.3. The van der Waals surface area contributed by atoms with E-state index in [0.29, 0.717) is 24.1 Å². The number of imidazole rings is 1. The summed E-state index contributed by atoms with van der Waals surface area (Å²) < 4.78 is 7.06. The number of hydrogen-bond donors (Lipinski definition) is 3. The lowest BCUT2D eigenvalue weighted by molar-refractivity contribution is 0.0944. The number of nitrogens with one attached hydrogen (secondary N) is 3. The van der Waals surface area contributed by atoms with Crippen molar-refractivity contribution in [2.24, 2.45) is 0 Å². The predicted octanol–water partition coefficient (Wildman–Crippen LogP) is 1.70. The first-order valence-electron chi connectivity index (χ1n) is 8.89. The largest absolute Gasteiger partial charge is 0.497 e. The Morgan fingerprint density at radius 1 is 1.37 bits per heavy atom. The highest BCUT2D eigenvalue weighted by Gasteiger charge is 2.19. The van der Waals surface area contributed by atoms with E-state index in [1.54, 1.807) is 13.3 Å². The molecule has 0 saturated heterocycles. The summed E-state index contributed by atoms with van der Waals surface area (Å²) in [7, 11) is 1.64. The molecular weight excluding hydrogens is 344 g/mol. The zero-order valence-electron chi connectivity index (χ0n) is 15.3. The van der Waals surface area contributed by atoms with Gasteiger partial charge in [0.15, 0.2) is 5.69 Å². The van der Waals surface area contributed by atoms with Crippen molar-refractivity contribution in [3.63, 3.8) is 0 Å². The number of ether oxygens (including phenoxy) is 1. The number of aromatic amines is 1. The SMILES string of the molecule is COc1ccc(-c2cnc(CNC(=O)c3cc4n(n3)CC(C)NC4)[nH]2)cc1.